The van der Waals surface area contributed by atoms with Gasteiger partial charge in [-0.25, -0.2) is 4.98 Å². The van der Waals surface area contributed by atoms with Crippen LogP contribution in [0.1, 0.15) is 18.2 Å². The van der Waals surface area contributed by atoms with Crippen molar-refractivity contribution < 1.29 is 14.3 Å². The molecule has 0 radical (unpaired) electrons. The lowest BCUT2D eigenvalue weighted by Crippen LogP contribution is -2.31. The summed E-state index contributed by atoms with van der Waals surface area (Å²) < 4.78 is 10.6. The first-order valence-electron chi connectivity index (χ1n) is 9.33. The number of halogens is 2. The molecule has 5 nitrogen and oxygen atoms in total. The zero-order valence-electron chi connectivity index (χ0n) is 16.9. The molecule has 0 aliphatic rings. The van der Waals surface area contributed by atoms with Gasteiger partial charge in [-0.3, -0.25) is 4.79 Å². The molecule has 1 amide bonds. The summed E-state index contributed by atoms with van der Waals surface area (Å²) in [5.74, 6) is 1.31. The van der Waals surface area contributed by atoms with Crippen molar-refractivity contribution >= 4 is 40.4 Å². The average molecular weight is 465 g/mol. The number of hydrogen-bond acceptors (Lipinski definition) is 5. The number of ether oxygens (including phenoxy) is 2. The van der Waals surface area contributed by atoms with Crippen LogP contribution in [0, 0.1) is 0 Å². The first-order valence-corrected chi connectivity index (χ1v) is 11.0. The Labute approximate surface area is 190 Å². The van der Waals surface area contributed by atoms with Gasteiger partial charge in [-0.15, -0.1) is 11.3 Å². The number of methoxy groups -OCH3 is 2. The van der Waals surface area contributed by atoms with Crippen LogP contribution in [0.25, 0.3) is 10.6 Å². The van der Waals surface area contributed by atoms with Crippen molar-refractivity contribution in [2.24, 2.45) is 0 Å². The third-order valence-corrected chi connectivity index (χ3v) is 6.29. The van der Waals surface area contributed by atoms with Gasteiger partial charge in [0.15, 0.2) is 11.5 Å². The maximum Gasteiger partial charge on any atom is 0.228 e. The van der Waals surface area contributed by atoms with E-state index in [1.807, 2.05) is 36.6 Å². The minimum atomic E-state index is 0.00716. The molecule has 0 bridgehead atoms. The highest BCUT2D eigenvalue weighted by Gasteiger charge is 2.16. The molecular weight excluding hydrogens is 443 g/mol. The van der Waals surface area contributed by atoms with E-state index in [0.29, 0.717) is 34.6 Å². The Kier molecular flexibility index (Phi) is 7.58. The first-order chi connectivity index (χ1) is 14.4. The summed E-state index contributed by atoms with van der Waals surface area (Å²) in [4.78, 5) is 19.2. The van der Waals surface area contributed by atoms with Crippen LogP contribution in [0.2, 0.25) is 10.0 Å². The maximum atomic E-state index is 12.8. The molecule has 0 unspecified atom stereocenters. The third-order valence-electron chi connectivity index (χ3n) is 4.61. The summed E-state index contributed by atoms with van der Waals surface area (Å²) in [5.41, 5.74) is 2.59. The molecule has 8 heteroatoms. The van der Waals surface area contributed by atoms with Crippen molar-refractivity contribution in [3.63, 3.8) is 0 Å². The molecule has 0 aliphatic heterocycles. The monoisotopic (exact) mass is 464 g/mol. The molecular formula is C22H22Cl2N2O3S. The number of likely N-dealkylation sites (N-methyl/N-ethyl adjacent to an activating group) is 1. The van der Waals surface area contributed by atoms with Gasteiger partial charge in [0.05, 0.1) is 36.4 Å². The van der Waals surface area contributed by atoms with Gasteiger partial charge >= 0.3 is 0 Å². The zero-order valence-corrected chi connectivity index (χ0v) is 19.3. The van der Waals surface area contributed by atoms with Crippen LogP contribution in [0.3, 0.4) is 0 Å². The lowest BCUT2D eigenvalue weighted by molar-refractivity contribution is -0.130. The van der Waals surface area contributed by atoms with Crippen LogP contribution in [0.5, 0.6) is 11.5 Å². The normalized spacial score (nSPS) is 10.7. The van der Waals surface area contributed by atoms with Gasteiger partial charge in [0.1, 0.15) is 5.01 Å². The molecule has 3 rings (SSSR count). The van der Waals surface area contributed by atoms with Crippen molar-refractivity contribution in [1.29, 1.82) is 0 Å². The Morgan fingerprint density at radius 3 is 2.50 bits per heavy atom. The Hall–Kier alpha value is -2.28. The van der Waals surface area contributed by atoms with Gasteiger partial charge in [0.25, 0.3) is 0 Å². The van der Waals surface area contributed by atoms with E-state index in [2.05, 4.69) is 4.98 Å². The lowest BCUT2D eigenvalue weighted by atomic mass is 10.2. The number of amides is 1. The number of aromatic nitrogens is 1. The van der Waals surface area contributed by atoms with E-state index in [1.54, 1.807) is 31.3 Å². The molecule has 0 atom stereocenters. The van der Waals surface area contributed by atoms with Gasteiger partial charge in [-0.2, -0.15) is 0 Å². The summed E-state index contributed by atoms with van der Waals surface area (Å²) >= 11 is 13.6. The SMILES string of the molecule is CCN(Cc1ccc(Cl)c(Cl)c1)C(=O)Cc1csc(-c2ccc(OC)c(OC)c2)n1. The molecule has 30 heavy (non-hydrogen) atoms. The second kappa shape index (κ2) is 10.2. The topological polar surface area (TPSA) is 51.7 Å². The van der Waals surface area contributed by atoms with Crippen LogP contribution in [-0.2, 0) is 17.8 Å². The number of benzene rings is 2. The van der Waals surface area contributed by atoms with Crippen molar-refractivity contribution in [3.05, 3.63) is 63.1 Å². The Morgan fingerprint density at radius 1 is 1.07 bits per heavy atom. The van der Waals surface area contributed by atoms with Crippen molar-refractivity contribution in [3.8, 4) is 22.1 Å². The van der Waals surface area contributed by atoms with E-state index in [9.17, 15) is 4.79 Å². The summed E-state index contributed by atoms with van der Waals surface area (Å²) in [6.07, 6.45) is 0.235. The first kappa shape index (κ1) is 22.4. The minimum Gasteiger partial charge on any atom is -0.493 e. The van der Waals surface area contributed by atoms with Crippen LogP contribution in [0.15, 0.2) is 41.8 Å². The van der Waals surface area contributed by atoms with Gasteiger partial charge < -0.3 is 14.4 Å². The number of hydrogen-bond donors (Lipinski definition) is 0. The average Bonchev–Trinajstić information content (AvgIpc) is 3.22. The van der Waals surface area contributed by atoms with Crippen LogP contribution in [0.4, 0.5) is 0 Å². The van der Waals surface area contributed by atoms with E-state index in [4.69, 9.17) is 32.7 Å². The van der Waals surface area contributed by atoms with Crippen molar-refractivity contribution in [1.82, 2.24) is 9.88 Å². The second-order valence-corrected chi connectivity index (χ2v) is 8.22. The fourth-order valence-electron chi connectivity index (χ4n) is 2.99. The standard InChI is InChI=1S/C22H22Cl2N2O3S/c1-4-26(12-14-5-7-17(23)18(24)9-14)21(27)11-16-13-30-22(25-16)15-6-8-19(28-2)20(10-15)29-3/h5-10,13H,4,11-12H2,1-3H3. The highest BCUT2D eigenvalue weighted by molar-refractivity contribution is 7.13. The molecule has 3 aromatic rings. The fraction of sp³-hybridized carbons (Fsp3) is 0.273. The van der Waals surface area contributed by atoms with Gasteiger partial charge in [0, 0.05) is 24.0 Å². The summed E-state index contributed by atoms with van der Waals surface area (Å²) in [6, 6.07) is 11.1. The lowest BCUT2D eigenvalue weighted by Gasteiger charge is -2.21. The minimum absolute atomic E-state index is 0.00716. The van der Waals surface area contributed by atoms with E-state index in [1.165, 1.54) is 11.3 Å². The van der Waals surface area contributed by atoms with Crippen LogP contribution >= 0.6 is 34.5 Å². The molecule has 0 saturated carbocycles. The number of rotatable bonds is 8. The Balaban J connectivity index is 1.71. The fourth-order valence-corrected chi connectivity index (χ4v) is 4.13. The number of carbonyl (C=O) groups is 1. The number of carbonyl (C=O) groups excluding carboxylic acids is 1. The largest absolute Gasteiger partial charge is 0.493 e. The van der Waals surface area contributed by atoms with Crippen LogP contribution in [-0.4, -0.2) is 36.6 Å². The molecule has 0 aliphatic carbocycles. The molecule has 1 aromatic heterocycles. The summed E-state index contributed by atoms with van der Waals surface area (Å²) in [5, 5.41) is 3.72. The van der Waals surface area contributed by atoms with Gasteiger partial charge in [-0.1, -0.05) is 29.3 Å². The molecule has 0 N–H and O–H groups in total. The number of nitrogens with zero attached hydrogens (tertiary/aromatic N) is 2. The quantitative estimate of drug-likeness (QED) is 0.427. The highest BCUT2D eigenvalue weighted by Crippen LogP contribution is 2.33. The Morgan fingerprint density at radius 2 is 1.83 bits per heavy atom. The second-order valence-electron chi connectivity index (χ2n) is 6.55. The zero-order chi connectivity index (χ0) is 21.7. The summed E-state index contributed by atoms with van der Waals surface area (Å²) in [7, 11) is 3.20. The van der Waals surface area contributed by atoms with Gasteiger partial charge in [-0.05, 0) is 42.8 Å². The predicted molar refractivity (Wildman–Crippen MR) is 122 cm³/mol. The molecule has 0 saturated heterocycles. The van der Waals surface area contributed by atoms with Crippen molar-refractivity contribution in [2.45, 2.75) is 19.9 Å². The maximum absolute atomic E-state index is 12.8. The molecule has 0 fully saturated rings. The van der Waals surface area contributed by atoms with E-state index < -0.39 is 0 Å². The van der Waals surface area contributed by atoms with Gasteiger partial charge in [0.2, 0.25) is 5.91 Å². The molecule has 2 aromatic carbocycles. The van der Waals surface area contributed by atoms with E-state index in [-0.39, 0.29) is 12.3 Å². The highest BCUT2D eigenvalue weighted by atomic mass is 35.5. The van der Waals surface area contributed by atoms with E-state index in [0.717, 1.165) is 21.8 Å². The predicted octanol–water partition coefficient (Wildman–Crippen LogP) is 5.73. The molecule has 1 heterocycles. The summed E-state index contributed by atoms with van der Waals surface area (Å²) in [6.45, 7) is 3.01. The Bertz CT molecular complexity index is 1040. The van der Waals surface area contributed by atoms with Crippen molar-refractivity contribution in [2.75, 3.05) is 20.8 Å². The molecule has 158 valence electrons. The number of thiazole rings is 1. The van der Waals surface area contributed by atoms with Crippen LogP contribution < -0.4 is 9.47 Å². The smallest absolute Gasteiger partial charge is 0.228 e. The third kappa shape index (κ3) is 5.25. The van der Waals surface area contributed by atoms with E-state index >= 15 is 0 Å². The molecule has 0 spiro atoms.